The quantitative estimate of drug-likeness (QED) is 0.597. The molecule has 1 amide bonds. The Labute approximate surface area is 164 Å². The molecule has 0 bridgehead atoms. The van der Waals surface area contributed by atoms with Gasteiger partial charge in [-0.2, -0.15) is 0 Å². The lowest BCUT2D eigenvalue weighted by Gasteiger charge is -2.16. The van der Waals surface area contributed by atoms with Gasteiger partial charge in [-0.25, -0.2) is 4.39 Å². The van der Waals surface area contributed by atoms with Crippen LogP contribution in [-0.2, 0) is 6.54 Å². The van der Waals surface area contributed by atoms with Crippen molar-refractivity contribution >= 4 is 16.8 Å². The molecule has 0 radical (unpaired) electrons. The highest BCUT2D eigenvalue weighted by molar-refractivity contribution is 5.97. The molecule has 0 fully saturated rings. The van der Waals surface area contributed by atoms with Gasteiger partial charge in [0.15, 0.2) is 0 Å². The molecule has 0 spiro atoms. The van der Waals surface area contributed by atoms with E-state index in [0.29, 0.717) is 17.4 Å². The maximum atomic E-state index is 13.8. The van der Waals surface area contributed by atoms with Gasteiger partial charge in [0.25, 0.3) is 5.91 Å². The van der Waals surface area contributed by atoms with E-state index in [4.69, 9.17) is 0 Å². The second-order valence-corrected chi connectivity index (χ2v) is 7.04. The van der Waals surface area contributed by atoms with Crippen molar-refractivity contribution in [2.75, 3.05) is 0 Å². The number of amides is 1. The van der Waals surface area contributed by atoms with Gasteiger partial charge in [0.1, 0.15) is 11.4 Å². The molecule has 2 aromatic carbocycles. The number of carbonyl (C=O) groups is 1. The van der Waals surface area contributed by atoms with Crippen LogP contribution in [0.1, 0.15) is 55.1 Å². The molecule has 1 atom stereocenters. The van der Waals surface area contributed by atoms with E-state index in [-0.39, 0.29) is 17.0 Å². The van der Waals surface area contributed by atoms with E-state index in [2.05, 4.69) is 12.2 Å². The zero-order valence-corrected chi connectivity index (χ0v) is 16.2. The molecular formula is C23H25FN2O2. The van der Waals surface area contributed by atoms with Crippen molar-refractivity contribution in [1.29, 1.82) is 0 Å². The molecule has 0 aliphatic rings. The summed E-state index contributed by atoms with van der Waals surface area (Å²) in [5, 5.41) is 3.26. The Hall–Kier alpha value is -2.95. The number of benzene rings is 2. The second-order valence-electron chi connectivity index (χ2n) is 7.04. The van der Waals surface area contributed by atoms with Gasteiger partial charge in [-0.15, -0.1) is 0 Å². The van der Waals surface area contributed by atoms with Crippen LogP contribution in [0.3, 0.4) is 0 Å². The molecule has 5 heteroatoms. The average molecular weight is 380 g/mol. The summed E-state index contributed by atoms with van der Waals surface area (Å²) in [5.74, 6) is -0.817. The summed E-state index contributed by atoms with van der Waals surface area (Å²) in [6.45, 7) is 4.61. The molecule has 1 N–H and O–H groups in total. The number of unbranched alkanes of at least 4 members (excludes halogenated alkanes) is 2. The highest BCUT2D eigenvalue weighted by Crippen LogP contribution is 2.17. The number of fused-ring (bicyclic) bond motifs is 1. The number of halogens is 1. The lowest BCUT2D eigenvalue weighted by atomic mass is 10.1. The maximum Gasteiger partial charge on any atom is 0.257 e. The molecule has 0 saturated carbocycles. The molecule has 4 nitrogen and oxygen atoms in total. The molecule has 1 aromatic heterocycles. The number of aromatic nitrogens is 1. The first-order valence-electron chi connectivity index (χ1n) is 9.69. The van der Waals surface area contributed by atoms with Crippen molar-refractivity contribution in [2.45, 2.75) is 45.7 Å². The molecule has 0 aliphatic carbocycles. The van der Waals surface area contributed by atoms with E-state index in [0.717, 1.165) is 24.8 Å². The fraction of sp³-hybridized carbons (Fsp3) is 0.304. The second kappa shape index (κ2) is 8.83. The van der Waals surface area contributed by atoms with E-state index >= 15 is 0 Å². The van der Waals surface area contributed by atoms with Gasteiger partial charge in [-0.3, -0.25) is 9.59 Å². The average Bonchev–Trinajstić information content (AvgIpc) is 2.70. The highest BCUT2D eigenvalue weighted by atomic mass is 19.1. The molecule has 0 saturated heterocycles. The Bertz CT molecular complexity index is 1030. The first-order valence-corrected chi connectivity index (χ1v) is 9.69. The van der Waals surface area contributed by atoms with Gasteiger partial charge in [0.05, 0.1) is 11.6 Å². The number of rotatable bonds is 7. The van der Waals surface area contributed by atoms with Crippen LogP contribution in [-0.4, -0.2) is 10.5 Å². The normalized spacial score (nSPS) is 12.1. The standard InChI is InChI=1S/C23H25FN2O2/c1-3-4-8-13-26-15-20(22(27)19-12-11-18(24)14-21(19)26)23(28)25-16(2)17-9-6-5-7-10-17/h5-7,9-12,14-16H,3-4,8,13H2,1-2H3,(H,25,28)/t16-/m1/s1. The van der Waals surface area contributed by atoms with Gasteiger partial charge < -0.3 is 9.88 Å². The van der Waals surface area contributed by atoms with Crippen LogP contribution >= 0.6 is 0 Å². The maximum absolute atomic E-state index is 13.8. The van der Waals surface area contributed by atoms with E-state index in [1.165, 1.54) is 18.2 Å². The van der Waals surface area contributed by atoms with Crippen LogP contribution in [0.25, 0.3) is 10.9 Å². The Morgan fingerprint density at radius 3 is 2.61 bits per heavy atom. The minimum absolute atomic E-state index is 0.0818. The van der Waals surface area contributed by atoms with Gasteiger partial charge in [-0.05, 0) is 37.1 Å². The van der Waals surface area contributed by atoms with E-state index in [9.17, 15) is 14.0 Å². The Kier molecular flexibility index (Phi) is 6.24. The SMILES string of the molecule is CCCCCn1cc(C(=O)N[C@H](C)c2ccccc2)c(=O)c2ccc(F)cc21. The number of carbonyl (C=O) groups excluding carboxylic acids is 1. The van der Waals surface area contributed by atoms with Crippen LogP contribution in [0, 0.1) is 5.82 Å². The fourth-order valence-corrected chi connectivity index (χ4v) is 3.34. The van der Waals surface area contributed by atoms with Gasteiger partial charge in [0.2, 0.25) is 5.43 Å². The first-order chi connectivity index (χ1) is 13.5. The van der Waals surface area contributed by atoms with E-state index < -0.39 is 11.7 Å². The lowest BCUT2D eigenvalue weighted by molar-refractivity contribution is 0.0938. The summed E-state index contributed by atoms with van der Waals surface area (Å²) in [4.78, 5) is 25.7. The summed E-state index contributed by atoms with van der Waals surface area (Å²) in [6.07, 6.45) is 4.53. The third-order valence-corrected chi connectivity index (χ3v) is 4.94. The van der Waals surface area contributed by atoms with Gasteiger partial charge in [0, 0.05) is 18.1 Å². The van der Waals surface area contributed by atoms with Crippen LogP contribution in [0.4, 0.5) is 4.39 Å². The van der Waals surface area contributed by atoms with E-state index in [1.807, 2.05) is 41.8 Å². The van der Waals surface area contributed by atoms with Crippen molar-refractivity contribution in [2.24, 2.45) is 0 Å². The number of aryl methyl sites for hydroxylation is 1. The van der Waals surface area contributed by atoms with Crippen molar-refractivity contribution in [3.05, 3.63) is 81.9 Å². The zero-order valence-electron chi connectivity index (χ0n) is 16.2. The van der Waals surface area contributed by atoms with Crippen molar-refractivity contribution in [3.63, 3.8) is 0 Å². The van der Waals surface area contributed by atoms with Crippen LogP contribution < -0.4 is 10.7 Å². The fourth-order valence-electron chi connectivity index (χ4n) is 3.34. The summed E-state index contributed by atoms with van der Waals surface area (Å²) in [5.41, 5.74) is 1.19. The molecule has 0 aliphatic heterocycles. The van der Waals surface area contributed by atoms with Crippen LogP contribution in [0.5, 0.6) is 0 Å². The third kappa shape index (κ3) is 4.30. The summed E-state index contributed by atoms with van der Waals surface area (Å²) >= 11 is 0. The van der Waals surface area contributed by atoms with Crippen LogP contribution in [0.15, 0.2) is 59.5 Å². The number of nitrogens with one attached hydrogen (secondary N) is 1. The molecule has 146 valence electrons. The molecular weight excluding hydrogens is 355 g/mol. The predicted molar refractivity (Wildman–Crippen MR) is 110 cm³/mol. The Morgan fingerprint density at radius 2 is 1.89 bits per heavy atom. The molecule has 28 heavy (non-hydrogen) atoms. The smallest absolute Gasteiger partial charge is 0.257 e. The topological polar surface area (TPSA) is 51.1 Å². The van der Waals surface area contributed by atoms with Crippen molar-refractivity contribution in [3.8, 4) is 0 Å². The van der Waals surface area contributed by atoms with Gasteiger partial charge in [-0.1, -0.05) is 50.1 Å². The first kappa shape index (κ1) is 19.8. The summed E-state index contributed by atoms with van der Waals surface area (Å²) < 4.78 is 15.6. The van der Waals surface area contributed by atoms with E-state index in [1.54, 1.807) is 6.20 Å². The van der Waals surface area contributed by atoms with Gasteiger partial charge >= 0.3 is 0 Å². The molecule has 3 rings (SSSR count). The van der Waals surface area contributed by atoms with Crippen LogP contribution in [0.2, 0.25) is 0 Å². The Morgan fingerprint density at radius 1 is 1.14 bits per heavy atom. The number of hydrogen-bond donors (Lipinski definition) is 1. The Balaban J connectivity index is 1.97. The van der Waals surface area contributed by atoms with Crippen molar-refractivity contribution in [1.82, 2.24) is 9.88 Å². The zero-order chi connectivity index (χ0) is 20.1. The lowest BCUT2D eigenvalue weighted by Crippen LogP contribution is -2.32. The summed E-state index contributed by atoms with van der Waals surface area (Å²) in [7, 11) is 0. The molecule has 0 unspecified atom stereocenters. The van der Waals surface area contributed by atoms with Crippen molar-refractivity contribution < 1.29 is 9.18 Å². The highest BCUT2D eigenvalue weighted by Gasteiger charge is 2.18. The number of nitrogens with zero attached hydrogens (tertiary/aromatic N) is 1. The minimum Gasteiger partial charge on any atom is -0.346 e. The minimum atomic E-state index is -0.420. The monoisotopic (exact) mass is 380 g/mol. The summed E-state index contributed by atoms with van der Waals surface area (Å²) in [6, 6.07) is 13.4. The number of hydrogen-bond acceptors (Lipinski definition) is 2. The third-order valence-electron chi connectivity index (χ3n) is 4.94. The molecule has 3 aromatic rings. The predicted octanol–water partition coefficient (Wildman–Crippen LogP) is 4.82. The number of pyridine rings is 1. The largest absolute Gasteiger partial charge is 0.346 e. The molecule has 1 heterocycles.